The van der Waals surface area contributed by atoms with Crippen molar-refractivity contribution in [2.24, 2.45) is 0 Å². The molecule has 9 heavy (non-hydrogen) atoms. The van der Waals surface area contributed by atoms with Crippen LogP contribution < -0.4 is 0 Å². The number of hydrogen-bond donors (Lipinski definition) is 0. The van der Waals surface area contributed by atoms with Crippen molar-refractivity contribution in [1.82, 2.24) is 4.90 Å². The number of rotatable bonds is 2. The molecule has 0 spiro atoms. The first-order chi connectivity index (χ1) is 4.02. The summed E-state index contributed by atoms with van der Waals surface area (Å²) in [4.78, 5) is 1.97. The smallest absolute Gasteiger partial charge is 0.0752 e. The van der Waals surface area contributed by atoms with E-state index in [2.05, 4.69) is 20.8 Å². The van der Waals surface area contributed by atoms with Crippen molar-refractivity contribution in [3.63, 3.8) is 0 Å². The maximum absolute atomic E-state index is 5.59. The molecule has 0 fully saturated rings. The molecule has 56 valence electrons. The molecule has 0 aliphatic rings. The highest BCUT2D eigenvalue weighted by Gasteiger charge is 2.18. The van der Waals surface area contributed by atoms with Crippen molar-refractivity contribution in [1.29, 1.82) is 0 Å². The molecule has 0 saturated carbocycles. The first-order valence-corrected chi connectivity index (χ1v) is 3.96. The standard InChI is InChI=1S/C6H13Cl2N/c1-6(2,3)9(4-7)5-8/h4-5H2,1-3H3. The quantitative estimate of drug-likeness (QED) is 0.454. The van der Waals surface area contributed by atoms with Crippen molar-refractivity contribution in [2.75, 3.05) is 12.0 Å². The Morgan fingerprint density at radius 2 is 1.44 bits per heavy atom. The topological polar surface area (TPSA) is 3.24 Å². The second-order valence-electron chi connectivity index (χ2n) is 2.95. The molecule has 0 bridgehead atoms. The minimum Gasteiger partial charge on any atom is -0.271 e. The molecule has 0 N–H and O–H groups in total. The van der Waals surface area contributed by atoms with Crippen LogP contribution in [0.1, 0.15) is 20.8 Å². The van der Waals surface area contributed by atoms with Gasteiger partial charge in [-0.15, -0.1) is 23.2 Å². The molecule has 0 saturated heterocycles. The molecule has 0 rings (SSSR count). The summed E-state index contributed by atoms with van der Waals surface area (Å²) in [5, 5.41) is 0. The molecule has 0 aliphatic carbocycles. The summed E-state index contributed by atoms with van der Waals surface area (Å²) in [6.45, 7) is 6.24. The maximum atomic E-state index is 5.59. The van der Waals surface area contributed by atoms with Gasteiger partial charge in [0.1, 0.15) is 0 Å². The van der Waals surface area contributed by atoms with Gasteiger partial charge in [-0.25, -0.2) is 0 Å². The van der Waals surface area contributed by atoms with Gasteiger partial charge in [0.05, 0.1) is 12.0 Å². The molecule has 1 nitrogen and oxygen atoms in total. The van der Waals surface area contributed by atoms with Gasteiger partial charge in [-0.1, -0.05) is 0 Å². The fourth-order valence-electron chi connectivity index (χ4n) is 0.391. The highest BCUT2D eigenvalue weighted by Crippen LogP contribution is 2.13. The largest absolute Gasteiger partial charge is 0.271 e. The maximum Gasteiger partial charge on any atom is 0.0752 e. The molecular formula is C6H13Cl2N. The summed E-state index contributed by atoms with van der Waals surface area (Å²) in [5.41, 5.74) is 0.0868. The average molecular weight is 170 g/mol. The third kappa shape index (κ3) is 3.29. The van der Waals surface area contributed by atoms with Crippen LogP contribution in [0.5, 0.6) is 0 Å². The SMILES string of the molecule is CC(C)(C)N(CCl)CCl. The Balaban J connectivity index is 3.79. The van der Waals surface area contributed by atoms with Crippen LogP contribution in [0.3, 0.4) is 0 Å². The minimum absolute atomic E-state index is 0.0868. The van der Waals surface area contributed by atoms with E-state index >= 15 is 0 Å². The lowest BCUT2D eigenvalue weighted by atomic mass is 10.1. The van der Waals surface area contributed by atoms with E-state index in [1.165, 1.54) is 0 Å². The second-order valence-corrected chi connectivity index (χ2v) is 3.43. The summed E-state index contributed by atoms with van der Waals surface area (Å²) in [5.74, 6) is 0. The summed E-state index contributed by atoms with van der Waals surface area (Å²) < 4.78 is 0. The molecule has 0 aliphatic heterocycles. The fraction of sp³-hybridized carbons (Fsp3) is 1.00. The second kappa shape index (κ2) is 3.65. The Hall–Kier alpha value is 0.540. The summed E-state index contributed by atoms with van der Waals surface area (Å²) >= 11 is 11.2. The van der Waals surface area contributed by atoms with Crippen molar-refractivity contribution in [3.8, 4) is 0 Å². The lowest BCUT2D eigenvalue weighted by molar-refractivity contribution is 0.194. The molecule has 0 amide bonds. The molecule has 0 radical (unpaired) electrons. The van der Waals surface area contributed by atoms with E-state index in [4.69, 9.17) is 23.2 Å². The van der Waals surface area contributed by atoms with Gasteiger partial charge in [0, 0.05) is 5.54 Å². The molecule has 0 aromatic heterocycles. The number of alkyl halides is 2. The lowest BCUT2D eigenvalue weighted by Crippen LogP contribution is -2.39. The van der Waals surface area contributed by atoms with Crippen molar-refractivity contribution < 1.29 is 0 Å². The predicted octanol–water partition coefficient (Wildman–Crippen LogP) is 2.48. The van der Waals surface area contributed by atoms with Crippen LogP contribution >= 0.6 is 23.2 Å². The van der Waals surface area contributed by atoms with Gasteiger partial charge in [-0.3, -0.25) is 4.90 Å². The Bertz CT molecular complexity index is 73.6. The number of nitrogens with zero attached hydrogens (tertiary/aromatic N) is 1. The zero-order chi connectivity index (χ0) is 7.49. The van der Waals surface area contributed by atoms with Crippen LogP contribution in [0.4, 0.5) is 0 Å². The van der Waals surface area contributed by atoms with Crippen LogP contribution in [-0.2, 0) is 0 Å². The Morgan fingerprint density at radius 1 is 1.11 bits per heavy atom. The van der Waals surface area contributed by atoms with Gasteiger partial charge in [0.15, 0.2) is 0 Å². The van der Waals surface area contributed by atoms with E-state index < -0.39 is 0 Å². The normalized spacial score (nSPS) is 12.7. The van der Waals surface area contributed by atoms with E-state index in [1.807, 2.05) is 4.90 Å². The number of hydrogen-bond acceptors (Lipinski definition) is 1. The summed E-state index contributed by atoms with van der Waals surface area (Å²) in [7, 11) is 0. The molecule has 0 aromatic carbocycles. The van der Waals surface area contributed by atoms with Crippen LogP contribution in [0.2, 0.25) is 0 Å². The van der Waals surface area contributed by atoms with Crippen LogP contribution in [0, 0.1) is 0 Å². The van der Waals surface area contributed by atoms with Crippen LogP contribution in [0.15, 0.2) is 0 Å². The van der Waals surface area contributed by atoms with Crippen molar-refractivity contribution in [2.45, 2.75) is 26.3 Å². The first kappa shape index (κ1) is 9.54. The highest BCUT2D eigenvalue weighted by atomic mass is 35.5. The van der Waals surface area contributed by atoms with E-state index in [-0.39, 0.29) is 5.54 Å². The lowest BCUT2D eigenvalue weighted by Gasteiger charge is -2.31. The zero-order valence-electron chi connectivity index (χ0n) is 6.12. The molecule has 0 unspecified atom stereocenters. The van der Waals surface area contributed by atoms with Gasteiger partial charge in [0.25, 0.3) is 0 Å². The van der Waals surface area contributed by atoms with Crippen LogP contribution in [0.25, 0.3) is 0 Å². The third-order valence-electron chi connectivity index (χ3n) is 1.24. The van der Waals surface area contributed by atoms with Crippen molar-refractivity contribution >= 4 is 23.2 Å². The fourth-order valence-corrected chi connectivity index (χ4v) is 1.36. The van der Waals surface area contributed by atoms with E-state index in [1.54, 1.807) is 0 Å². The highest BCUT2D eigenvalue weighted by molar-refractivity contribution is 6.20. The molecule has 0 aromatic rings. The van der Waals surface area contributed by atoms with Gasteiger partial charge in [-0.05, 0) is 20.8 Å². The van der Waals surface area contributed by atoms with Gasteiger partial charge >= 0.3 is 0 Å². The number of halogens is 2. The molecular weight excluding hydrogens is 157 g/mol. The average Bonchev–Trinajstić information content (AvgIpc) is 1.65. The summed E-state index contributed by atoms with van der Waals surface area (Å²) in [6, 6.07) is 0.986. The summed E-state index contributed by atoms with van der Waals surface area (Å²) in [6.07, 6.45) is 0. The van der Waals surface area contributed by atoms with Gasteiger partial charge in [0.2, 0.25) is 0 Å². The zero-order valence-corrected chi connectivity index (χ0v) is 7.63. The third-order valence-corrected chi connectivity index (χ3v) is 1.81. The Morgan fingerprint density at radius 3 is 1.44 bits per heavy atom. The van der Waals surface area contributed by atoms with Gasteiger partial charge < -0.3 is 0 Å². The van der Waals surface area contributed by atoms with E-state index in [9.17, 15) is 0 Å². The Labute approximate surface area is 66.9 Å². The van der Waals surface area contributed by atoms with E-state index in [0.29, 0.717) is 12.0 Å². The monoisotopic (exact) mass is 169 g/mol. The molecule has 0 heterocycles. The Kier molecular flexibility index (Phi) is 3.86. The predicted molar refractivity (Wildman–Crippen MR) is 43.0 cm³/mol. The molecule has 3 heteroatoms. The molecule has 0 atom stereocenters. The minimum atomic E-state index is 0.0868. The van der Waals surface area contributed by atoms with E-state index in [0.717, 1.165) is 0 Å². The van der Waals surface area contributed by atoms with Gasteiger partial charge in [-0.2, -0.15) is 0 Å². The van der Waals surface area contributed by atoms with Crippen molar-refractivity contribution in [3.05, 3.63) is 0 Å². The first-order valence-electron chi connectivity index (χ1n) is 2.89. The van der Waals surface area contributed by atoms with Crippen LogP contribution in [-0.4, -0.2) is 22.4 Å².